The molecule has 19 heavy (non-hydrogen) atoms. The number of alkyl halides is 3. The monoisotopic (exact) mass is 270 g/mol. The van der Waals surface area contributed by atoms with Crippen LogP contribution < -0.4 is 5.32 Å². The van der Waals surface area contributed by atoms with Gasteiger partial charge >= 0.3 is 6.18 Å². The molecule has 1 amide bonds. The second kappa shape index (κ2) is 4.71. The van der Waals surface area contributed by atoms with Crippen LogP contribution in [0.4, 0.5) is 19.0 Å². The molecule has 0 bridgehead atoms. The second-order valence-electron chi connectivity index (χ2n) is 3.81. The first-order valence-electron chi connectivity index (χ1n) is 5.19. The number of aromatic nitrogens is 3. The average molecular weight is 270 g/mol. The Labute approximate surface area is 106 Å². The van der Waals surface area contributed by atoms with Crippen LogP contribution in [0, 0.1) is 0 Å². The number of hydrogen-bond acceptors (Lipinski definition) is 3. The van der Waals surface area contributed by atoms with E-state index in [1.54, 1.807) is 11.6 Å². The third-order valence-corrected chi connectivity index (χ3v) is 2.27. The molecule has 2 rings (SSSR count). The van der Waals surface area contributed by atoms with Crippen molar-refractivity contribution in [2.45, 2.75) is 6.18 Å². The van der Waals surface area contributed by atoms with E-state index in [1.165, 1.54) is 12.5 Å². The first-order chi connectivity index (χ1) is 8.86. The molecule has 2 aromatic rings. The lowest BCUT2D eigenvalue weighted by molar-refractivity contribution is -0.137. The maximum Gasteiger partial charge on any atom is 0.417 e. The van der Waals surface area contributed by atoms with Gasteiger partial charge in [0.15, 0.2) is 0 Å². The predicted octanol–water partition coefficient (Wildman–Crippen LogP) is 2.09. The summed E-state index contributed by atoms with van der Waals surface area (Å²) >= 11 is 0. The third kappa shape index (κ3) is 3.09. The van der Waals surface area contributed by atoms with E-state index in [4.69, 9.17) is 0 Å². The van der Waals surface area contributed by atoms with Crippen LogP contribution in [-0.4, -0.2) is 20.4 Å². The van der Waals surface area contributed by atoms with Gasteiger partial charge in [0.05, 0.1) is 11.9 Å². The Morgan fingerprint density at radius 2 is 2.05 bits per heavy atom. The topological polar surface area (TPSA) is 59.8 Å². The summed E-state index contributed by atoms with van der Waals surface area (Å²) in [5, 5.41) is 2.36. The average Bonchev–Trinajstić information content (AvgIpc) is 2.75. The lowest BCUT2D eigenvalue weighted by Gasteiger charge is -2.07. The molecule has 2 heterocycles. The summed E-state index contributed by atoms with van der Waals surface area (Å²) in [6.45, 7) is 0. The first kappa shape index (κ1) is 13.1. The molecule has 0 fully saturated rings. The molecule has 0 saturated heterocycles. The Bertz CT molecular complexity index is 589. The Balaban J connectivity index is 2.10. The minimum absolute atomic E-state index is 0.0312. The van der Waals surface area contributed by atoms with Crippen LogP contribution in [0.25, 0.3) is 0 Å². The van der Waals surface area contributed by atoms with Crippen LogP contribution >= 0.6 is 0 Å². The van der Waals surface area contributed by atoms with Crippen LogP contribution in [-0.2, 0) is 13.2 Å². The molecule has 2 aromatic heterocycles. The van der Waals surface area contributed by atoms with Crippen LogP contribution in [0.3, 0.4) is 0 Å². The highest BCUT2D eigenvalue weighted by Gasteiger charge is 2.30. The van der Waals surface area contributed by atoms with E-state index in [-0.39, 0.29) is 11.5 Å². The molecule has 0 radical (unpaired) electrons. The van der Waals surface area contributed by atoms with Crippen molar-refractivity contribution in [3.05, 3.63) is 42.1 Å². The molecule has 5 nitrogen and oxygen atoms in total. The number of nitrogens with zero attached hydrogens (tertiary/aromatic N) is 3. The molecule has 0 unspecified atom stereocenters. The number of carbonyl (C=O) groups is 1. The minimum atomic E-state index is -4.45. The zero-order valence-electron chi connectivity index (χ0n) is 9.77. The molecule has 0 aliphatic heterocycles. The number of hydrogen-bond donors (Lipinski definition) is 1. The summed E-state index contributed by atoms with van der Waals surface area (Å²) in [6.07, 6.45) is -0.862. The lowest BCUT2D eigenvalue weighted by atomic mass is 10.3. The number of imidazole rings is 1. The SMILES string of the molecule is Cn1cnc(C(=O)Nc2ccc(C(F)(F)F)cn2)c1. The molecule has 8 heteroatoms. The van der Waals surface area contributed by atoms with E-state index in [1.807, 2.05) is 0 Å². The zero-order valence-corrected chi connectivity index (χ0v) is 9.77. The number of carbonyl (C=O) groups excluding carboxylic acids is 1. The smallest absolute Gasteiger partial charge is 0.340 e. The predicted molar refractivity (Wildman–Crippen MR) is 60.4 cm³/mol. The van der Waals surface area contributed by atoms with Crippen molar-refractivity contribution in [3.8, 4) is 0 Å². The molecule has 0 atom stereocenters. The normalized spacial score (nSPS) is 11.4. The molecular weight excluding hydrogens is 261 g/mol. The van der Waals surface area contributed by atoms with E-state index in [9.17, 15) is 18.0 Å². The number of pyridine rings is 1. The Kier molecular flexibility index (Phi) is 3.24. The first-order valence-corrected chi connectivity index (χ1v) is 5.19. The van der Waals surface area contributed by atoms with Crippen LogP contribution in [0.1, 0.15) is 16.1 Å². The number of rotatable bonds is 2. The van der Waals surface area contributed by atoms with Crippen molar-refractivity contribution in [3.63, 3.8) is 0 Å². The van der Waals surface area contributed by atoms with Crippen molar-refractivity contribution in [1.29, 1.82) is 0 Å². The van der Waals surface area contributed by atoms with Gasteiger partial charge in [0.1, 0.15) is 11.5 Å². The number of halogens is 3. The Hall–Kier alpha value is -2.38. The van der Waals surface area contributed by atoms with E-state index in [0.29, 0.717) is 6.20 Å². The fourth-order valence-corrected chi connectivity index (χ4v) is 1.35. The third-order valence-electron chi connectivity index (χ3n) is 2.27. The van der Waals surface area contributed by atoms with Crippen molar-refractivity contribution in [1.82, 2.24) is 14.5 Å². The lowest BCUT2D eigenvalue weighted by Crippen LogP contribution is -2.14. The van der Waals surface area contributed by atoms with Gasteiger partial charge < -0.3 is 9.88 Å². The van der Waals surface area contributed by atoms with Crippen LogP contribution in [0.15, 0.2) is 30.9 Å². The number of anilines is 1. The van der Waals surface area contributed by atoms with Gasteiger partial charge in [-0.25, -0.2) is 9.97 Å². The molecule has 0 aromatic carbocycles. The van der Waals surface area contributed by atoms with Gasteiger partial charge in [0.25, 0.3) is 5.91 Å². The summed E-state index contributed by atoms with van der Waals surface area (Å²) < 4.78 is 38.5. The van der Waals surface area contributed by atoms with Gasteiger partial charge in [0.2, 0.25) is 0 Å². The number of amides is 1. The van der Waals surface area contributed by atoms with E-state index < -0.39 is 17.6 Å². The van der Waals surface area contributed by atoms with E-state index in [2.05, 4.69) is 15.3 Å². The highest BCUT2D eigenvalue weighted by atomic mass is 19.4. The van der Waals surface area contributed by atoms with Crippen molar-refractivity contribution in [2.75, 3.05) is 5.32 Å². The van der Waals surface area contributed by atoms with Crippen molar-refractivity contribution >= 4 is 11.7 Å². The fraction of sp³-hybridized carbons (Fsp3) is 0.182. The number of nitrogens with one attached hydrogen (secondary N) is 1. The van der Waals surface area contributed by atoms with Crippen LogP contribution in [0.5, 0.6) is 0 Å². The summed E-state index contributed by atoms with van der Waals surface area (Å²) in [5.74, 6) is -0.503. The zero-order chi connectivity index (χ0) is 14.0. The minimum Gasteiger partial charge on any atom is -0.340 e. The van der Waals surface area contributed by atoms with Crippen molar-refractivity contribution in [2.24, 2.45) is 7.05 Å². The summed E-state index contributed by atoms with van der Waals surface area (Å²) in [5.41, 5.74) is -0.715. The van der Waals surface area contributed by atoms with Gasteiger partial charge in [-0.1, -0.05) is 0 Å². The largest absolute Gasteiger partial charge is 0.417 e. The fourth-order valence-electron chi connectivity index (χ4n) is 1.35. The number of aryl methyl sites for hydroxylation is 1. The quantitative estimate of drug-likeness (QED) is 0.909. The molecule has 0 aliphatic rings. The molecular formula is C11H9F3N4O. The highest BCUT2D eigenvalue weighted by Crippen LogP contribution is 2.28. The van der Waals surface area contributed by atoms with Gasteiger partial charge in [-0.05, 0) is 12.1 Å². The maximum absolute atomic E-state index is 12.3. The molecule has 1 N–H and O–H groups in total. The molecule has 0 saturated carbocycles. The van der Waals surface area contributed by atoms with Gasteiger partial charge in [-0.3, -0.25) is 4.79 Å². The van der Waals surface area contributed by atoms with E-state index >= 15 is 0 Å². The highest BCUT2D eigenvalue weighted by molar-refractivity contribution is 6.02. The summed E-state index contributed by atoms with van der Waals surface area (Å²) in [6, 6.07) is 1.94. The summed E-state index contributed by atoms with van der Waals surface area (Å²) in [7, 11) is 1.69. The molecule has 100 valence electrons. The maximum atomic E-state index is 12.3. The molecule has 0 aliphatic carbocycles. The summed E-state index contributed by atoms with van der Waals surface area (Å²) in [4.78, 5) is 19.0. The Morgan fingerprint density at radius 1 is 1.32 bits per heavy atom. The van der Waals surface area contributed by atoms with E-state index in [0.717, 1.165) is 12.1 Å². The standard InChI is InChI=1S/C11H9F3N4O/c1-18-5-8(16-6-18)10(19)17-9-3-2-7(4-15-9)11(12,13)14/h2-6H,1H3,(H,15,17,19). The van der Waals surface area contributed by atoms with Gasteiger partial charge in [-0.2, -0.15) is 13.2 Å². The van der Waals surface area contributed by atoms with Gasteiger partial charge in [-0.15, -0.1) is 0 Å². The Morgan fingerprint density at radius 3 is 2.53 bits per heavy atom. The van der Waals surface area contributed by atoms with Crippen molar-refractivity contribution < 1.29 is 18.0 Å². The second-order valence-corrected chi connectivity index (χ2v) is 3.81. The molecule has 0 spiro atoms. The van der Waals surface area contributed by atoms with Crippen LogP contribution in [0.2, 0.25) is 0 Å². The van der Waals surface area contributed by atoms with Gasteiger partial charge in [0, 0.05) is 19.4 Å².